The lowest BCUT2D eigenvalue weighted by Gasteiger charge is -2.30. The fourth-order valence-electron chi connectivity index (χ4n) is 4.40. The van der Waals surface area contributed by atoms with Gasteiger partial charge in [0.1, 0.15) is 23.2 Å². The number of carbonyl (C=O) groups is 3. The third-order valence-corrected chi connectivity index (χ3v) is 6.99. The number of amides is 3. The Bertz CT molecular complexity index is 1520. The molecule has 2 heterocycles. The summed E-state index contributed by atoms with van der Waals surface area (Å²) in [5, 5.41) is 0.645. The molecule has 1 aliphatic heterocycles. The smallest absolute Gasteiger partial charge is 0.262 e. The van der Waals surface area contributed by atoms with Gasteiger partial charge in [0.25, 0.3) is 11.8 Å². The monoisotopic (exact) mass is 543 g/mol. The van der Waals surface area contributed by atoms with E-state index in [1.807, 2.05) is 0 Å². The van der Waals surface area contributed by atoms with E-state index in [1.54, 1.807) is 25.1 Å². The zero-order valence-corrected chi connectivity index (χ0v) is 21.4. The summed E-state index contributed by atoms with van der Waals surface area (Å²) in [6, 6.07) is 10.3. The normalized spacial score (nSPS) is 13.5. The fraction of sp³-hybridized carbons (Fsp3) is 0.154. The Morgan fingerprint density at radius 2 is 1.59 bits per heavy atom. The van der Waals surface area contributed by atoms with Gasteiger partial charge in [-0.1, -0.05) is 12.1 Å². The first kappa shape index (κ1) is 26.4. The zero-order valence-electron chi connectivity index (χ0n) is 19.6. The van der Waals surface area contributed by atoms with Crippen LogP contribution in [-0.2, 0) is 11.2 Å². The molecule has 4 aromatic rings. The SMILES string of the molecule is Cc1nc2c(F)c(N(C)C(=O)[C@H](Cc3cc(F)cc(F)c3)N3C(=O)c4ccccc4C3=O)ccc2s1.S. The molecule has 3 amide bonds. The van der Waals surface area contributed by atoms with Gasteiger partial charge in [0.15, 0.2) is 5.82 Å². The van der Waals surface area contributed by atoms with Crippen LogP contribution in [0.2, 0.25) is 0 Å². The van der Waals surface area contributed by atoms with Gasteiger partial charge in [0, 0.05) is 19.5 Å². The second-order valence-corrected chi connectivity index (χ2v) is 9.63. The van der Waals surface area contributed by atoms with E-state index in [2.05, 4.69) is 4.98 Å². The van der Waals surface area contributed by atoms with E-state index in [0.717, 1.165) is 21.9 Å². The van der Waals surface area contributed by atoms with Gasteiger partial charge >= 0.3 is 0 Å². The number of nitrogens with zero attached hydrogens (tertiary/aromatic N) is 3. The van der Waals surface area contributed by atoms with Crippen LogP contribution >= 0.6 is 24.8 Å². The van der Waals surface area contributed by atoms with Crippen LogP contribution in [0.1, 0.15) is 31.3 Å². The number of aromatic nitrogens is 1. The second-order valence-electron chi connectivity index (χ2n) is 8.40. The predicted octanol–water partition coefficient (Wildman–Crippen LogP) is 5.01. The van der Waals surface area contributed by atoms with Gasteiger partial charge in [0.05, 0.1) is 26.5 Å². The molecule has 1 aromatic heterocycles. The van der Waals surface area contributed by atoms with Gasteiger partial charge in [-0.15, -0.1) is 11.3 Å². The zero-order chi connectivity index (χ0) is 25.7. The topological polar surface area (TPSA) is 70.6 Å². The van der Waals surface area contributed by atoms with E-state index in [9.17, 15) is 23.2 Å². The van der Waals surface area contributed by atoms with E-state index in [1.165, 1.54) is 36.6 Å². The van der Waals surface area contributed by atoms with E-state index in [0.29, 0.717) is 15.8 Å². The molecule has 11 heteroatoms. The quantitative estimate of drug-likeness (QED) is 0.332. The van der Waals surface area contributed by atoms with E-state index in [-0.39, 0.29) is 47.8 Å². The number of carbonyl (C=O) groups excluding carboxylic acids is 3. The van der Waals surface area contributed by atoms with Gasteiger partial charge in [-0.2, -0.15) is 13.5 Å². The molecular formula is C26H20F3N3O3S2. The number of benzene rings is 3. The Balaban J connectivity index is 0.00000320. The Morgan fingerprint density at radius 3 is 2.19 bits per heavy atom. The Labute approximate surface area is 220 Å². The predicted molar refractivity (Wildman–Crippen MR) is 139 cm³/mol. The van der Waals surface area contributed by atoms with Crippen molar-refractivity contribution in [2.45, 2.75) is 19.4 Å². The number of rotatable bonds is 5. The van der Waals surface area contributed by atoms with Gasteiger partial charge in [-0.05, 0) is 48.9 Å². The van der Waals surface area contributed by atoms with Gasteiger partial charge in [-0.3, -0.25) is 19.3 Å². The minimum atomic E-state index is -1.49. The van der Waals surface area contributed by atoms with Gasteiger partial charge in [0.2, 0.25) is 5.91 Å². The molecule has 190 valence electrons. The lowest BCUT2D eigenvalue weighted by atomic mass is 10.0. The highest BCUT2D eigenvalue weighted by Crippen LogP contribution is 2.32. The lowest BCUT2D eigenvalue weighted by Crippen LogP contribution is -2.51. The van der Waals surface area contributed by atoms with Crippen molar-refractivity contribution in [2.75, 3.05) is 11.9 Å². The summed E-state index contributed by atoms with van der Waals surface area (Å²) in [5.74, 6) is -4.72. The Hall–Kier alpha value is -3.70. The van der Waals surface area contributed by atoms with Crippen LogP contribution in [0.4, 0.5) is 18.9 Å². The maximum Gasteiger partial charge on any atom is 0.262 e. The number of halogens is 3. The van der Waals surface area contributed by atoms with Crippen LogP contribution in [0, 0.1) is 24.4 Å². The molecule has 0 bridgehead atoms. The minimum Gasteiger partial charge on any atom is -0.311 e. The molecule has 0 fully saturated rings. The van der Waals surface area contributed by atoms with Crippen molar-refractivity contribution in [3.05, 3.63) is 93.7 Å². The summed E-state index contributed by atoms with van der Waals surface area (Å²) in [4.78, 5) is 46.1. The van der Waals surface area contributed by atoms with Crippen molar-refractivity contribution >= 4 is 58.5 Å². The third-order valence-electron chi connectivity index (χ3n) is 6.05. The lowest BCUT2D eigenvalue weighted by molar-refractivity contribution is -0.122. The van der Waals surface area contributed by atoms with E-state index >= 15 is 4.39 Å². The van der Waals surface area contributed by atoms with Crippen LogP contribution in [0.15, 0.2) is 54.6 Å². The average Bonchev–Trinajstić information content (AvgIpc) is 3.34. The number of anilines is 1. The molecule has 0 saturated heterocycles. The molecule has 5 rings (SSSR count). The molecule has 1 atom stereocenters. The molecule has 6 nitrogen and oxygen atoms in total. The highest BCUT2D eigenvalue weighted by Gasteiger charge is 2.44. The Kier molecular flexibility index (Phi) is 7.11. The van der Waals surface area contributed by atoms with Crippen molar-refractivity contribution in [1.29, 1.82) is 0 Å². The maximum atomic E-state index is 15.3. The number of likely N-dealkylation sites (N-methyl/N-ethyl adjacent to an activating group) is 1. The molecule has 0 spiro atoms. The Morgan fingerprint density at radius 1 is 1.00 bits per heavy atom. The molecule has 0 aliphatic carbocycles. The minimum absolute atomic E-state index is 0. The van der Waals surface area contributed by atoms with Crippen molar-refractivity contribution < 1.29 is 27.6 Å². The van der Waals surface area contributed by atoms with Crippen LogP contribution in [0.5, 0.6) is 0 Å². The van der Waals surface area contributed by atoms with E-state index < -0.39 is 41.2 Å². The summed E-state index contributed by atoms with van der Waals surface area (Å²) in [6.45, 7) is 1.73. The second kappa shape index (κ2) is 9.98. The van der Waals surface area contributed by atoms with Crippen molar-refractivity contribution in [2.24, 2.45) is 0 Å². The number of hydrogen-bond donors (Lipinski definition) is 0. The largest absolute Gasteiger partial charge is 0.311 e. The summed E-state index contributed by atoms with van der Waals surface area (Å²) < 4.78 is 43.8. The highest BCUT2D eigenvalue weighted by atomic mass is 32.1. The van der Waals surface area contributed by atoms with Crippen LogP contribution in [0.3, 0.4) is 0 Å². The first-order valence-corrected chi connectivity index (χ1v) is 11.7. The first-order valence-electron chi connectivity index (χ1n) is 10.9. The fourth-order valence-corrected chi connectivity index (χ4v) is 5.22. The number of thiazole rings is 1. The number of aryl methyl sites for hydroxylation is 1. The number of fused-ring (bicyclic) bond motifs is 2. The first-order chi connectivity index (χ1) is 17.2. The molecule has 0 saturated carbocycles. The average molecular weight is 544 g/mol. The molecule has 0 N–H and O–H groups in total. The van der Waals surface area contributed by atoms with E-state index in [4.69, 9.17) is 0 Å². The summed E-state index contributed by atoms with van der Waals surface area (Å²) in [7, 11) is 1.31. The standard InChI is InChI=1S/C26H18F3N3O3S.H2S/c1-13-30-23-21(36-13)8-7-19(22(23)29)31(2)26(35)20(11-14-9-15(27)12-16(28)10-14)32-24(33)17-5-3-4-6-18(17)25(32)34;/h3-10,12,20H,11H2,1-2H3;1H2/t20-;/m0./s1. The molecule has 37 heavy (non-hydrogen) atoms. The molecule has 1 aliphatic rings. The number of hydrogen-bond acceptors (Lipinski definition) is 5. The van der Waals surface area contributed by atoms with Gasteiger partial charge in [-0.25, -0.2) is 18.2 Å². The molecule has 3 aromatic carbocycles. The number of imide groups is 1. The molecule has 0 unspecified atom stereocenters. The van der Waals surface area contributed by atoms with Crippen LogP contribution in [-0.4, -0.2) is 40.7 Å². The summed E-state index contributed by atoms with van der Waals surface area (Å²) in [6.07, 6.45) is -0.372. The highest BCUT2D eigenvalue weighted by molar-refractivity contribution is 7.59. The molecule has 0 radical (unpaired) electrons. The van der Waals surface area contributed by atoms with Crippen molar-refractivity contribution in [3.63, 3.8) is 0 Å². The third kappa shape index (κ3) is 4.60. The van der Waals surface area contributed by atoms with Crippen LogP contribution < -0.4 is 4.90 Å². The van der Waals surface area contributed by atoms with Crippen molar-refractivity contribution in [1.82, 2.24) is 9.88 Å². The van der Waals surface area contributed by atoms with Gasteiger partial charge < -0.3 is 4.90 Å². The van der Waals surface area contributed by atoms with Crippen LogP contribution in [0.25, 0.3) is 10.2 Å². The molecular weight excluding hydrogens is 523 g/mol. The summed E-state index contributed by atoms with van der Waals surface area (Å²) in [5.41, 5.74) is 0.267. The maximum absolute atomic E-state index is 15.3. The van der Waals surface area contributed by atoms with Crippen molar-refractivity contribution in [3.8, 4) is 0 Å². The summed E-state index contributed by atoms with van der Waals surface area (Å²) >= 11 is 1.30.